The summed E-state index contributed by atoms with van der Waals surface area (Å²) in [5.41, 5.74) is 2.00. The zero-order chi connectivity index (χ0) is 16.9. The Morgan fingerprint density at radius 1 is 1.29 bits per heavy atom. The number of β-amino-alcohol motifs (C(OH)–C–C–N with tert-alkyl or cyclic N) is 1. The van der Waals surface area contributed by atoms with Gasteiger partial charge in [0, 0.05) is 38.1 Å². The lowest BCUT2D eigenvalue weighted by atomic mass is 10.1. The minimum absolute atomic E-state index is 0.492. The molecule has 0 radical (unpaired) electrons. The molecule has 0 aliphatic carbocycles. The summed E-state index contributed by atoms with van der Waals surface area (Å²) >= 11 is 1.71. The molecule has 1 aliphatic heterocycles. The average molecular weight is 347 g/mol. The Kier molecular flexibility index (Phi) is 5.71. The Labute approximate surface area is 147 Å². The molecule has 2 aromatic rings. The summed E-state index contributed by atoms with van der Waals surface area (Å²) in [5.74, 6) is 0.785. The average Bonchev–Trinajstić information content (AvgIpc) is 2.90. The van der Waals surface area contributed by atoms with Crippen molar-refractivity contribution in [2.75, 3.05) is 44.7 Å². The van der Waals surface area contributed by atoms with E-state index in [1.807, 2.05) is 31.2 Å². The van der Waals surface area contributed by atoms with Crippen LogP contribution in [0.4, 0.5) is 5.13 Å². The van der Waals surface area contributed by atoms with Gasteiger partial charge < -0.3 is 14.7 Å². The molecule has 0 bridgehead atoms. The van der Waals surface area contributed by atoms with E-state index in [-0.39, 0.29) is 0 Å². The van der Waals surface area contributed by atoms with Gasteiger partial charge in [0.15, 0.2) is 5.13 Å². The number of rotatable bonds is 5. The highest BCUT2D eigenvalue weighted by Gasteiger charge is 2.20. The molecule has 3 rings (SSSR count). The lowest BCUT2D eigenvalue weighted by Gasteiger charge is -2.24. The van der Waals surface area contributed by atoms with E-state index in [9.17, 15) is 5.11 Å². The van der Waals surface area contributed by atoms with Gasteiger partial charge in [-0.05, 0) is 31.0 Å². The Hall–Kier alpha value is -1.63. The van der Waals surface area contributed by atoms with Crippen molar-refractivity contribution in [2.24, 2.45) is 0 Å². The van der Waals surface area contributed by atoms with E-state index in [0.717, 1.165) is 54.7 Å². The third-order valence-corrected chi connectivity index (χ3v) is 5.39. The molecule has 1 aromatic carbocycles. The van der Waals surface area contributed by atoms with Crippen LogP contribution >= 0.6 is 11.3 Å². The van der Waals surface area contributed by atoms with Crippen LogP contribution in [0, 0.1) is 6.92 Å². The van der Waals surface area contributed by atoms with Crippen LogP contribution in [-0.4, -0.2) is 54.8 Å². The van der Waals surface area contributed by atoms with Gasteiger partial charge in [0.25, 0.3) is 0 Å². The first-order valence-electron chi connectivity index (χ1n) is 8.37. The van der Waals surface area contributed by atoms with E-state index in [4.69, 9.17) is 4.74 Å². The van der Waals surface area contributed by atoms with Gasteiger partial charge in [-0.25, -0.2) is 4.98 Å². The van der Waals surface area contributed by atoms with Crippen LogP contribution in [0.1, 0.15) is 23.8 Å². The number of aliphatic hydroxyl groups is 1. The summed E-state index contributed by atoms with van der Waals surface area (Å²) in [6.45, 7) is 6.62. The lowest BCUT2D eigenvalue weighted by Crippen LogP contribution is -2.33. The van der Waals surface area contributed by atoms with Crippen LogP contribution in [0.3, 0.4) is 0 Å². The number of ether oxygens (including phenoxy) is 1. The Morgan fingerprint density at radius 3 is 2.92 bits per heavy atom. The number of hydrogen-bond donors (Lipinski definition) is 1. The molecule has 130 valence electrons. The first-order chi connectivity index (χ1) is 11.7. The number of methoxy groups -OCH3 is 1. The minimum Gasteiger partial charge on any atom is -0.497 e. The highest BCUT2D eigenvalue weighted by atomic mass is 32.1. The maximum Gasteiger partial charge on any atom is 0.185 e. The molecule has 0 unspecified atom stereocenters. The smallest absolute Gasteiger partial charge is 0.185 e. The summed E-state index contributed by atoms with van der Waals surface area (Å²) in [7, 11) is 1.65. The minimum atomic E-state index is -0.492. The molecule has 1 saturated heterocycles. The molecular formula is C18H25N3O2S. The van der Waals surface area contributed by atoms with Crippen LogP contribution in [0.5, 0.6) is 5.75 Å². The quantitative estimate of drug-likeness (QED) is 0.901. The van der Waals surface area contributed by atoms with Gasteiger partial charge >= 0.3 is 0 Å². The molecule has 5 nitrogen and oxygen atoms in total. The fourth-order valence-electron chi connectivity index (χ4n) is 3.03. The largest absolute Gasteiger partial charge is 0.497 e. The number of aromatic nitrogens is 1. The van der Waals surface area contributed by atoms with Crippen molar-refractivity contribution in [3.63, 3.8) is 0 Å². The van der Waals surface area contributed by atoms with Gasteiger partial charge in [-0.15, -0.1) is 11.3 Å². The fraction of sp³-hybridized carbons (Fsp3) is 0.500. The number of aliphatic hydroxyl groups excluding tert-OH is 1. The molecule has 0 saturated carbocycles. The predicted octanol–water partition coefficient (Wildman–Crippen LogP) is 2.71. The van der Waals surface area contributed by atoms with Crippen molar-refractivity contribution >= 4 is 16.5 Å². The van der Waals surface area contributed by atoms with E-state index in [2.05, 4.69) is 20.2 Å². The zero-order valence-corrected chi connectivity index (χ0v) is 15.1. The van der Waals surface area contributed by atoms with Crippen molar-refractivity contribution in [2.45, 2.75) is 19.4 Å². The van der Waals surface area contributed by atoms with Crippen molar-refractivity contribution in [1.82, 2.24) is 9.88 Å². The van der Waals surface area contributed by atoms with Crippen molar-refractivity contribution in [1.29, 1.82) is 0 Å². The van der Waals surface area contributed by atoms with E-state index in [1.165, 1.54) is 0 Å². The van der Waals surface area contributed by atoms with Gasteiger partial charge in [0.05, 0.1) is 18.9 Å². The molecule has 1 N–H and O–H groups in total. The molecule has 1 atom stereocenters. The van der Waals surface area contributed by atoms with Crippen molar-refractivity contribution in [3.8, 4) is 5.75 Å². The van der Waals surface area contributed by atoms with Gasteiger partial charge in [0.2, 0.25) is 0 Å². The van der Waals surface area contributed by atoms with Crippen LogP contribution in [0.15, 0.2) is 29.6 Å². The summed E-state index contributed by atoms with van der Waals surface area (Å²) in [6, 6.07) is 7.69. The summed E-state index contributed by atoms with van der Waals surface area (Å²) in [4.78, 5) is 9.29. The van der Waals surface area contributed by atoms with E-state index >= 15 is 0 Å². The normalized spacial score (nSPS) is 17.5. The molecule has 6 heteroatoms. The maximum atomic E-state index is 10.5. The number of anilines is 1. The van der Waals surface area contributed by atoms with E-state index in [1.54, 1.807) is 18.4 Å². The SMILES string of the molecule is COc1cccc([C@@H](O)CN2CCCN(c3nc(C)cs3)CC2)c1. The monoisotopic (exact) mass is 347 g/mol. The van der Waals surface area contributed by atoms with Gasteiger partial charge in [0.1, 0.15) is 5.75 Å². The molecule has 1 aromatic heterocycles. The first kappa shape index (κ1) is 17.2. The Morgan fingerprint density at radius 2 is 2.17 bits per heavy atom. The Balaban J connectivity index is 1.57. The second kappa shape index (κ2) is 7.96. The predicted molar refractivity (Wildman–Crippen MR) is 98.1 cm³/mol. The van der Waals surface area contributed by atoms with Crippen molar-refractivity contribution < 1.29 is 9.84 Å². The second-order valence-electron chi connectivity index (χ2n) is 6.21. The molecule has 1 fully saturated rings. The molecule has 24 heavy (non-hydrogen) atoms. The second-order valence-corrected chi connectivity index (χ2v) is 7.04. The van der Waals surface area contributed by atoms with Crippen LogP contribution < -0.4 is 9.64 Å². The number of nitrogens with zero attached hydrogens (tertiary/aromatic N) is 3. The first-order valence-corrected chi connectivity index (χ1v) is 9.25. The number of hydrogen-bond acceptors (Lipinski definition) is 6. The molecule has 0 spiro atoms. The number of aryl methyl sites for hydroxylation is 1. The van der Waals surface area contributed by atoms with Gasteiger partial charge in [-0.1, -0.05) is 12.1 Å². The summed E-state index contributed by atoms with van der Waals surface area (Å²) < 4.78 is 5.24. The third kappa shape index (κ3) is 4.26. The number of benzene rings is 1. The van der Waals surface area contributed by atoms with Crippen molar-refractivity contribution in [3.05, 3.63) is 40.9 Å². The van der Waals surface area contributed by atoms with Gasteiger partial charge in [-0.3, -0.25) is 4.90 Å². The van der Waals surface area contributed by atoms with E-state index in [0.29, 0.717) is 6.54 Å². The molecular weight excluding hydrogens is 322 g/mol. The third-order valence-electron chi connectivity index (χ3n) is 4.38. The standard InChI is InChI=1S/C18H25N3O2S/c1-14-13-24-18(19-14)21-8-4-7-20(9-10-21)12-17(22)15-5-3-6-16(11-15)23-2/h3,5-6,11,13,17,22H,4,7-10,12H2,1-2H3/t17-/m0/s1. The highest BCUT2D eigenvalue weighted by Crippen LogP contribution is 2.23. The topological polar surface area (TPSA) is 48.8 Å². The highest BCUT2D eigenvalue weighted by molar-refractivity contribution is 7.13. The number of thiazole rings is 1. The molecule has 2 heterocycles. The maximum absolute atomic E-state index is 10.5. The zero-order valence-electron chi connectivity index (χ0n) is 14.3. The molecule has 0 amide bonds. The van der Waals surface area contributed by atoms with Crippen LogP contribution in [-0.2, 0) is 0 Å². The van der Waals surface area contributed by atoms with E-state index < -0.39 is 6.10 Å². The van der Waals surface area contributed by atoms with Crippen LogP contribution in [0.2, 0.25) is 0 Å². The summed E-state index contributed by atoms with van der Waals surface area (Å²) in [5, 5.41) is 13.8. The summed E-state index contributed by atoms with van der Waals surface area (Å²) in [6.07, 6.45) is 0.595. The lowest BCUT2D eigenvalue weighted by molar-refractivity contribution is 0.117. The van der Waals surface area contributed by atoms with Crippen LogP contribution in [0.25, 0.3) is 0 Å². The molecule has 1 aliphatic rings. The van der Waals surface area contributed by atoms with Gasteiger partial charge in [-0.2, -0.15) is 0 Å². The fourth-order valence-corrected chi connectivity index (χ4v) is 3.89. The Bertz CT molecular complexity index is 661.